The lowest BCUT2D eigenvalue weighted by atomic mass is 10.1. The monoisotopic (exact) mass is 181 g/mol. The number of hydrogen-bond acceptors (Lipinski definition) is 1. The molecule has 0 aliphatic heterocycles. The molecule has 0 saturated carbocycles. The SMILES string of the molecule is C=C(C)CCCCC=CN(C)CC. The summed E-state index contributed by atoms with van der Waals surface area (Å²) in [6.45, 7) is 9.23. The lowest BCUT2D eigenvalue weighted by Crippen LogP contribution is -2.08. The van der Waals surface area contributed by atoms with Crippen molar-refractivity contribution in [1.29, 1.82) is 0 Å². The molecule has 1 heteroatoms. The van der Waals surface area contributed by atoms with Crippen LogP contribution in [-0.2, 0) is 0 Å². The Morgan fingerprint density at radius 2 is 2.08 bits per heavy atom. The van der Waals surface area contributed by atoms with Gasteiger partial charge in [0.15, 0.2) is 0 Å². The standard InChI is InChI=1S/C12H23N/c1-5-13(4)11-9-7-6-8-10-12(2)3/h9,11H,2,5-8,10H2,1,3-4H3. The van der Waals surface area contributed by atoms with Crippen LogP contribution in [0.2, 0.25) is 0 Å². The van der Waals surface area contributed by atoms with Gasteiger partial charge in [-0.2, -0.15) is 0 Å². The Balaban J connectivity index is 3.25. The minimum absolute atomic E-state index is 1.09. The first-order chi connectivity index (χ1) is 6.16. The van der Waals surface area contributed by atoms with Crippen LogP contribution >= 0.6 is 0 Å². The zero-order chi connectivity index (χ0) is 10.1. The number of hydrogen-bond donors (Lipinski definition) is 0. The van der Waals surface area contributed by atoms with E-state index in [9.17, 15) is 0 Å². The maximum Gasteiger partial charge on any atom is 0.0140 e. The molecule has 0 aromatic heterocycles. The van der Waals surface area contributed by atoms with Crippen molar-refractivity contribution in [2.75, 3.05) is 13.6 Å². The highest BCUT2D eigenvalue weighted by Crippen LogP contribution is 2.06. The van der Waals surface area contributed by atoms with Crippen LogP contribution in [-0.4, -0.2) is 18.5 Å². The summed E-state index contributed by atoms with van der Waals surface area (Å²) in [4.78, 5) is 2.19. The van der Waals surface area contributed by atoms with Gasteiger partial charge in [-0.15, -0.1) is 6.58 Å². The maximum atomic E-state index is 3.89. The summed E-state index contributed by atoms with van der Waals surface area (Å²) in [5, 5.41) is 0. The molecule has 1 nitrogen and oxygen atoms in total. The molecule has 0 bridgehead atoms. The Morgan fingerprint density at radius 3 is 2.62 bits per heavy atom. The number of allylic oxidation sites excluding steroid dienone is 2. The third-order valence-corrected chi connectivity index (χ3v) is 2.08. The molecule has 76 valence electrons. The molecule has 0 heterocycles. The molecule has 0 fully saturated rings. The van der Waals surface area contributed by atoms with Gasteiger partial charge in [-0.05, 0) is 45.7 Å². The predicted octanol–water partition coefficient (Wildman–Crippen LogP) is 3.59. The van der Waals surface area contributed by atoms with Crippen molar-refractivity contribution >= 4 is 0 Å². The molecular formula is C12H23N. The Morgan fingerprint density at radius 1 is 1.38 bits per heavy atom. The van der Waals surface area contributed by atoms with Crippen molar-refractivity contribution in [3.63, 3.8) is 0 Å². The molecule has 0 radical (unpaired) electrons. The molecule has 0 aromatic rings. The normalized spacial score (nSPS) is 10.7. The first-order valence-corrected chi connectivity index (χ1v) is 5.18. The van der Waals surface area contributed by atoms with E-state index in [1.807, 2.05) is 0 Å². The Kier molecular flexibility index (Phi) is 7.47. The van der Waals surface area contributed by atoms with Gasteiger partial charge in [-0.1, -0.05) is 11.6 Å². The van der Waals surface area contributed by atoms with Gasteiger partial charge in [0, 0.05) is 13.6 Å². The lowest BCUT2D eigenvalue weighted by Gasteiger charge is -2.08. The van der Waals surface area contributed by atoms with E-state index < -0.39 is 0 Å². The second-order valence-corrected chi connectivity index (χ2v) is 3.66. The molecule has 0 spiro atoms. The van der Waals surface area contributed by atoms with Crippen LogP contribution in [0.3, 0.4) is 0 Å². The van der Waals surface area contributed by atoms with Crippen LogP contribution in [0.25, 0.3) is 0 Å². The summed E-state index contributed by atoms with van der Waals surface area (Å²) >= 11 is 0. The van der Waals surface area contributed by atoms with Crippen molar-refractivity contribution in [3.05, 3.63) is 24.4 Å². The van der Waals surface area contributed by atoms with E-state index in [-0.39, 0.29) is 0 Å². The fraction of sp³-hybridized carbons (Fsp3) is 0.667. The van der Waals surface area contributed by atoms with Crippen molar-refractivity contribution in [2.45, 2.75) is 39.5 Å². The smallest absolute Gasteiger partial charge is 0.0140 e. The average molecular weight is 181 g/mol. The van der Waals surface area contributed by atoms with Crippen LogP contribution in [0, 0.1) is 0 Å². The first kappa shape index (κ1) is 12.3. The molecule has 0 aromatic carbocycles. The molecule has 0 unspecified atom stereocenters. The molecule has 0 saturated heterocycles. The second kappa shape index (κ2) is 7.90. The van der Waals surface area contributed by atoms with Gasteiger partial charge in [-0.25, -0.2) is 0 Å². The van der Waals surface area contributed by atoms with Gasteiger partial charge >= 0.3 is 0 Å². The third-order valence-electron chi connectivity index (χ3n) is 2.08. The summed E-state index contributed by atoms with van der Waals surface area (Å²) in [5.74, 6) is 0. The molecule has 13 heavy (non-hydrogen) atoms. The second-order valence-electron chi connectivity index (χ2n) is 3.66. The Bertz CT molecular complexity index is 159. The molecule has 0 aliphatic rings. The number of rotatable bonds is 7. The largest absolute Gasteiger partial charge is 0.381 e. The highest BCUT2D eigenvalue weighted by atomic mass is 15.1. The van der Waals surface area contributed by atoms with Crippen LogP contribution in [0.4, 0.5) is 0 Å². The number of unbranched alkanes of at least 4 members (excludes halogenated alkanes) is 2. The zero-order valence-electron chi connectivity index (χ0n) is 9.34. The van der Waals surface area contributed by atoms with E-state index >= 15 is 0 Å². The molecule has 0 N–H and O–H groups in total. The van der Waals surface area contributed by atoms with E-state index in [1.54, 1.807) is 0 Å². The van der Waals surface area contributed by atoms with Crippen LogP contribution < -0.4 is 0 Å². The van der Waals surface area contributed by atoms with E-state index in [4.69, 9.17) is 0 Å². The highest BCUT2D eigenvalue weighted by Gasteiger charge is 1.87. The minimum Gasteiger partial charge on any atom is -0.381 e. The quantitative estimate of drug-likeness (QED) is 0.428. The lowest BCUT2D eigenvalue weighted by molar-refractivity contribution is 0.481. The van der Waals surface area contributed by atoms with Gasteiger partial charge in [0.2, 0.25) is 0 Å². The summed E-state index contributed by atoms with van der Waals surface area (Å²) < 4.78 is 0. The van der Waals surface area contributed by atoms with Crippen molar-refractivity contribution < 1.29 is 0 Å². The van der Waals surface area contributed by atoms with Crippen LogP contribution in [0.15, 0.2) is 24.4 Å². The molecule has 0 atom stereocenters. The minimum atomic E-state index is 1.09. The topological polar surface area (TPSA) is 3.24 Å². The van der Waals surface area contributed by atoms with E-state index in [2.05, 4.69) is 44.6 Å². The Labute approximate surface area is 83.1 Å². The van der Waals surface area contributed by atoms with Crippen molar-refractivity contribution in [2.24, 2.45) is 0 Å². The van der Waals surface area contributed by atoms with Gasteiger partial charge in [0.05, 0.1) is 0 Å². The van der Waals surface area contributed by atoms with E-state index in [1.165, 1.54) is 31.3 Å². The average Bonchev–Trinajstić information content (AvgIpc) is 2.10. The van der Waals surface area contributed by atoms with Gasteiger partial charge < -0.3 is 4.90 Å². The molecule has 0 amide bonds. The first-order valence-electron chi connectivity index (χ1n) is 5.18. The van der Waals surface area contributed by atoms with Crippen LogP contribution in [0.5, 0.6) is 0 Å². The number of nitrogens with zero attached hydrogens (tertiary/aromatic N) is 1. The fourth-order valence-electron chi connectivity index (χ4n) is 1.05. The fourth-order valence-corrected chi connectivity index (χ4v) is 1.05. The van der Waals surface area contributed by atoms with E-state index in [0.717, 1.165) is 6.54 Å². The third kappa shape index (κ3) is 9.19. The predicted molar refractivity (Wildman–Crippen MR) is 60.7 cm³/mol. The highest BCUT2D eigenvalue weighted by molar-refractivity contribution is 4.88. The molecule has 0 aliphatic carbocycles. The molecule has 0 rings (SSSR count). The van der Waals surface area contributed by atoms with Crippen molar-refractivity contribution in [1.82, 2.24) is 4.90 Å². The Hall–Kier alpha value is -0.720. The molecular weight excluding hydrogens is 158 g/mol. The van der Waals surface area contributed by atoms with E-state index in [0.29, 0.717) is 0 Å². The summed E-state index contributed by atoms with van der Waals surface area (Å²) in [6, 6.07) is 0. The van der Waals surface area contributed by atoms with Gasteiger partial charge in [0.25, 0.3) is 0 Å². The van der Waals surface area contributed by atoms with Gasteiger partial charge in [-0.3, -0.25) is 0 Å². The van der Waals surface area contributed by atoms with Crippen LogP contribution in [0.1, 0.15) is 39.5 Å². The van der Waals surface area contributed by atoms with Gasteiger partial charge in [0.1, 0.15) is 0 Å². The summed E-state index contributed by atoms with van der Waals surface area (Å²) in [7, 11) is 2.10. The zero-order valence-corrected chi connectivity index (χ0v) is 9.34. The maximum absolute atomic E-state index is 3.89. The summed E-state index contributed by atoms with van der Waals surface area (Å²) in [6.07, 6.45) is 9.34. The van der Waals surface area contributed by atoms with Crippen molar-refractivity contribution in [3.8, 4) is 0 Å². The summed E-state index contributed by atoms with van der Waals surface area (Å²) in [5.41, 5.74) is 1.30.